The molecule has 0 saturated carbocycles. The van der Waals surface area contributed by atoms with E-state index >= 15 is 0 Å². The van der Waals surface area contributed by atoms with Gasteiger partial charge in [0.05, 0.1) is 6.10 Å². The first-order chi connectivity index (χ1) is 11.1. The van der Waals surface area contributed by atoms with Crippen molar-refractivity contribution < 1.29 is 24.4 Å². The lowest BCUT2D eigenvalue weighted by Gasteiger charge is -2.34. The topological polar surface area (TPSA) is 109 Å². The minimum Gasteiger partial charge on any atom is -0.472 e. The summed E-state index contributed by atoms with van der Waals surface area (Å²) in [5.41, 5.74) is 0.280. The monoisotopic (exact) mass is 339 g/mol. The van der Waals surface area contributed by atoms with Crippen molar-refractivity contribution in [1.82, 2.24) is 15.0 Å². The molecule has 7 nitrogen and oxygen atoms in total. The van der Waals surface area contributed by atoms with Gasteiger partial charge >= 0.3 is 0 Å². The molecule has 1 aliphatic rings. The van der Waals surface area contributed by atoms with Gasteiger partial charge < -0.3 is 20.1 Å². The molecule has 1 saturated heterocycles. The van der Waals surface area contributed by atoms with Crippen molar-refractivity contribution in [3.8, 4) is 16.9 Å². The molecule has 23 heavy (non-hydrogen) atoms. The van der Waals surface area contributed by atoms with Crippen molar-refractivity contribution in [2.24, 2.45) is 0 Å². The molecule has 1 aliphatic heterocycles. The van der Waals surface area contributed by atoms with Crippen LogP contribution in [-0.4, -0.2) is 59.8 Å². The van der Waals surface area contributed by atoms with Crippen LogP contribution in [0.5, 0.6) is 5.75 Å². The number of hydrogen-bond donors (Lipinski definition) is 3. The number of thioether (sulfide) groups is 1. The molecule has 0 amide bonds. The van der Waals surface area contributed by atoms with E-state index in [1.807, 2.05) is 0 Å². The fourth-order valence-electron chi connectivity index (χ4n) is 2.12. The minimum absolute atomic E-state index is 0.161. The van der Waals surface area contributed by atoms with Gasteiger partial charge in [0.1, 0.15) is 18.5 Å². The van der Waals surface area contributed by atoms with Gasteiger partial charge in [0.25, 0.3) is 5.95 Å². The molecular weight excluding hydrogens is 325 g/mol. The lowest BCUT2D eigenvalue weighted by atomic mass is 10.1. The van der Waals surface area contributed by atoms with Crippen molar-refractivity contribution in [2.45, 2.75) is 23.7 Å². The fraction of sp³-hybridized carbons (Fsp3) is 0.357. The third-order valence-corrected chi connectivity index (χ3v) is 4.64. The van der Waals surface area contributed by atoms with Gasteiger partial charge in [-0.1, -0.05) is 0 Å². The predicted molar refractivity (Wildman–Crippen MR) is 80.1 cm³/mol. The summed E-state index contributed by atoms with van der Waals surface area (Å²) in [6, 6.07) is 1.42. The first-order valence-corrected chi connectivity index (χ1v) is 7.84. The normalized spacial score (nSPS) is 27.7. The Kier molecular flexibility index (Phi) is 4.71. The summed E-state index contributed by atoms with van der Waals surface area (Å²) in [5, 5.41) is 29.1. The maximum atomic E-state index is 13.9. The van der Waals surface area contributed by atoms with Gasteiger partial charge in [0.15, 0.2) is 11.2 Å². The fourth-order valence-corrected chi connectivity index (χ4v) is 3.24. The Balaban J connectivity index is 1.83. The van der Waals surface area contributed by atoms with E-state index in [1.165, 1.54) is 18.6 Å². The van der Waals surface area contributed by atoms with Gasteiger partial charge in [0.2, 0.25) is 0 Å². The van der Waals surface area contributed by atoms with Crippen LogP contribution < -0.4 is 4.74 Å². The van der Waals surface area contributed by atoms with E-state index < -0.39 is 29.7 Å². The summed E-state index contributed by atoms with van der Waals surface area (Å²) >= 11 is 1.09. The summed E-state index contributed by atoms with van der Waals surface area (Å²) < 4.78 is 19.3. The summed E-state index contributed by atoms with van der Waals surface area (Å²) in [6.07, 6.45) is 2.07. The molecule has 0 unspecified atom stereocenters. The predicted octanol–water partition coefficient (Wildman–Crippen LogP) is 0.212. The van der Waals surface area contributed by atoms with Crippen LogP contribution in [0.3, 0.4) is 0 Å². The maximum Gasteiger partial charge on any atom is 0.255 e. The van der Waals surface area contributed by atoms with E-state index in [1.54, 1.807) is 12.4 Å². The van der Waals surface area contributed by atoms with Crippen molar-refractivity contribution >= 4 is 11.8 Å². The zero-order valence-corrected chi connectivity index (χ0v) is 12.6. The van der Waals surface area contributed by atoms with Crippen molar-refractivity contribution in [3.63, 3.8) is 0 Å². The first-order valence-electron chi connectivity index (χ1n) is 6.79. The van der Waals surface area contributed by atoms with Crippen LogP contribution in [0.1, 0.15) is 0 Å². The third kappa shape index (κ3) is 3.42. The van der Waals surface area contributed by atoms with Crippen LogP contribution in [-0.2, 0) is 0 Å². The number of hydrogen-bond acceptors (Lipinski definition) is 8. The Bertz CT molecular complexity index is 678. The molecule has 0 bridgehead atoms. The van der Waals surface area contributed by atoms with Gasteiger partial charge in [0, 0.05) is 35.5 Å². The van der Waals surface area contributed by atoms with Crippen LogP contribution in [0.2, 0.25) is 0 Å². The van der Waals surface area contributed by atoms with Crippen LogP contribution in [0, 0.1) is 5.95 Å². The summed E-state index contributed by atoms with van der Waals surface area (Å²) in [7, 11) is 0. The standard InChI is InChI=1S/C14H14FN3O4S/c15-13-10(22-14-12(21)11(20)9(19)5-23-14)1-7(4-18-13)8-2-16-6-17-3-8/h1-4,6,9,11-12,14,19-21H,5H2/t9-,11+,12-,14-/m1/s1. The van der Waals surface area contributed by atoms with E-state index in [-0.39, 0.29) is 11.5 Å². The molecule has 2 aromatic heterocycles. The van der Waals surface area contributed by atoms with Crippen LogP contribution in [0.4, 0.5) is 4.39 Å². The highest BCUT2D eigenvalue weighted by atomic mass is 32.2. The van der Waals surface area contributed by atoms with E-state index in [9.17, 15) is 19.7 Å². The van der Waals surface area contributed by atoms with E-state index in [0.29, 0.717) is 11.1 Å². The average Bonchev–Trinajstić information content (AvgIpc) is 2.58. The van der Waals surface area contributed by atoms with Gasteiger partial charge in [-0.2, -0.15) is 4.39 Å². The molecule has 0 spiro atoms. The van der Waals surface area contributed by atoms with Crippen LogP contribution >= 0.6 is 11.8 Å². The Morgan fingerprint density at radius 1 is 1.09 bits per heavy atom. The van der Waals surface area contributed by atoms with Gasteiger partial charge in [-0.15, -0.1) is 11.8 Å². The number of aromatic nitrogens is 3. The number of aliphatic hydroxyl groups excluding tert-OH is 3. The Hall–Kier alpha value is -1.81. The molecule has 0 aliphatic carbocycles. The molecule has 3 heterocycles. The van der Waals surface area contributed by atoms with Gasteiger partial charge in [-0.25, -0.2) is 15.0 Å². The zero-order valence-electron chi connectivity index (χ0n) is 11.8. The molecule has 0 radical (unpaired) electrons. The van der Waals surface area contributed by atoms with E-state index in [0.717, 1.165) is 11.8 Å². The second-order valence-corrected chi connectivity index (χ2v) is 6.14. The molecule has 3 rings (SSSR count). The summed E-state index contributed by atoms with van der Waals surface area (Å²) in [5.74, 6) is -0.824. The summed E-state index contributed by atoms with van der Waals surface area (Å²) in [4.78, 5) is 11.4. The van der Waals surface area contributed by atoms with Crippen molar-refractivity contribution in [3.05, 3.63) is 36.9 Å². The summed E-state index contributed by atoms with van der Waals surface area (Å²) in [6.45, 7) is 0. The number of rotatable bonds is 3. The molecular formula is C14H14FN3O4S. The number of halogens is 1. The lowest BCUT2D eigenvalue weighted by Crippen LogP contribution is -2.50. The van der Waals surface area contributed by atoms with Crippen molar-refractivity contribution in [1.29, 1.82) is 0 Å². The number of pyridine rings is 1. The molecule has 2 aromatic rings. The molecule has 0 aromatic carbocycles. The maximum absolute atomic E-state index is 13.9. The quantitative estimate of drug-likeness (QED) is 0.681. The Morgan fingerprint density at radius 3 is 2.57 bits per heavy atom. The lowest BCUT2D eigenvalue weighted by molar-refractivity contribution is -0.0790. The van der Waals surface area contributed by atoms with E-state index in [2.05, 4.69) is 15.0 Å². The highest BCUT2D eigenvalue weighted by Crippen LogP contribution is 2.31. The van der Waals surface area contributed by atoms with Crippen LogP contribution in [0.15, 0.2) is 31.0 Å². The molecule has 4 atom stereocenters. The van der Waals surface area contributed by atoms with Gasteiger partial charge in [-0.05, 0) is 6.07 Å². The second kappa shape index (κ2) is 6.75. The Labute approximate surface area is 135 Å². The Morgan fingerprint density at radius 2 is 1.83 bits per heavy atom. The highest BCUT2D eigenvalue weighted by Gasteiger charge is 2.39. The zero-order chi connectivity index (χ0) is 16.4. The average molecular weight is 339 g/mol. The number of ether oxygens (including phenoxy) is 1. The SMILES string of the molecule is O[C@@H]1[C@@H](O)[C@H](Oc2cc(-c3cncnc3)cnc2F)SC[C@H]1O. The molecule has 3 N–H and O–H groups in total. The number of aliphatic hydroxyl groups is 3. The highest BCUT2D eigenvalue weighted by molar-refractivity contribution is 7.99. The molecule has 9 heteroatoms. The van der Waals surface area contributed by atoms with Crippen LogP contribution in [0.25, 0.3) is 11.1 Å². The second-order valence-electron chi connectivity index (χ2n) is 5.01. The largest absolute Gasteiger partial charge is 0.472 e. The first kappa shape index (κ1) is 16.1. The smallest absolute Gasteiger partial charge is 0.255 e. The van der Waals surface area contributed by atoms with Crippen molar-refractivity contribution in [2.75, 3.05) is 5.75 Å². The molecule has 122 valence electrons. The molecule has 1 fully saturated rings. The van der Waals surface area contributed by atoms with E-state index in [4.69, 9.17) is 4.74 Å². The third-order valence-electron chi connectivity index (χ3n) is 3.40. The van der Waals surface area contributed by atoms with Gasteiger partial charge in [-0.3, -0.25) is 0 Å². The number of nitrogens with zero attached hydrogens (tertiary/aromatic N) is 3. The minimum atomic E-state index is -1.34.